The number of benzene rings is 1. The number of aromatic nitrogens is 2. The normalized spacial score (nSPS) is 23.2. The number of aromatic hydroxyl groups is 1. The summed E-state index contributed by atoms with van der Waals surface area (Å²) < 4.78 is 72.1. The number of rotatable bonds is 8. The molecule has 3 unspecified atom stereocenters. The van der Waals surface area contributed by atoms with Gasteiger partial charge in [-0.3, -0.25) is 24.5 Å². The van der Waals surface area contributed by atoms with Crippen LogP contribution in [-0.2, 0) is 18.9 Å². The van der Waals surface area contributed by atoms with E-state index < -0.39 is 81.6 Å². The minimum absolute atomic E-state index is 0.0107. The molecule has 0 radical (unpaired) electrons. The Labute approximate surface area is 205 Å². The summed E-state index contributed by atoms with van der Waals surface area (Å²) in [5.74, 6) is -10.3. The first kappa shape index (κ1) is 26.6. The summed E-state index contributed by atoms with van der Waals surface area (Å²) in [5, 5.41) is 20.5. The summed E-state index contributed by atoms with van der Waals surface area (Å²) in [7, 11) is 1.42. The van der Waals surface area contributed by atoms with Gasteiger partial charge in [0.05, 0.1) is 24.2 Å². The fourth-order valence-corrected chi connectivity index (χ4v) is 4.20. The first-order valence-electron chi connectivity index (χ1n) is 11.0. The number of halogens is 3. The number of nitro benzene ring substituents is 1. The Balaban J connectivity index is 1.62. The monoisotopic (exact) mass is 533 g/mol. The van der Waals surface area contributed by atoms with Crippen LogP contribution in [0.3, 0.4) is 0 Å². The van der Waals surface area contributed by atoms with E-state index >= 15 is 0 Å². The highest BCUT2D eigenvalue weighted by Gasteiger charge is 2.45. The van der Waals surface area contributed by atoms with Gasteiger partial charge in [-0.1, -0.05) is 0 Å². The van der Waals surface area contributed by atoms with E-state index in [1.54, 1.807) is 0 Å². The summed E-state index contributed by atoms with van der Waals surface area (Å²) in [5.41, 5.74) is -3.21. The van der Waals surface area contributed by atoms with E-state index in [4.69, 9.17) is 23.7 Å². The van der Waals surface area contributed by atoms with E-state index in [0.29, 0.717) is 26.1 Å². The van der Waals surface area contributed by atoms with Crippen LogP contribution in [0, 0.1) is 27.6 Å². The standard InChI is InChI=1S/C21H22F3N3O10/c1-33-21(3-6-34-7-4-21)37-10-8-13(26-5-2-12(28)25-20(26)30)36-11(10)9-35-19-15(23)14(22)17(27(31)32)18(29)16(19)24/h2,5,10-11,13,29H,3-4,6-9H2,1H3,(H,25,28,30). The number of hydrogen-bond donors (Lipinski definition) is 2. The van der Waals surface area contributed by atoms with Gasteiger partial charge in [-0.05, 0) is 0 Å². The largest absolute Gasteiger partial charge is 0.500 e. The molecule has 2 aliphatic heterocycles. The molecule has 1 aromatic heterocycles. The van der Waals surface area contributed by atoms with Gasteiger partial charge in [-0.2, -0.15) is 13.2 Å². The van der Waals surface area contributed by atoms with E-state index in [1.807, 2.05) is 0 Å². The lowest BCUT2D eigenvalue weighted by Crippen LogP contribution is -2.46. The van der Waals surface area contributed by atoms with Crippen molar-refractivity contribution in [3.05, 3.63) is 60.7 Å². The lowest BCUT2D eigenvalue weighted by Gasteiger charge is -2.38. The van der Waals surface area contributed by atoms with Gasteiger partial charge < -0.3 is 28.8 Å². The van der Waals surface area contributed by atoms with Crippen molar-refractivity contribution in [2.45, 2.75) is 43.5 Å². The Hall–Kier alpha value is -3.47. The zero-order chi connectivity index (χ0) is 26.9. The smallest absolute Gasteiger partial charge is 0.352 e. The molecule has 2 aliphatic rings. The van der Waals surface area contributed by atoms with Gasteiger partial charge in [0.2, 0.25) is 23.2 Å². The molecule has 3 heterocycles. The second kappa shape index (κ2) is 10.5. The van der Waals surface area contributed by atoms with Crippen molar-refractivity contribution >= 4 is 5.69 Å². The third kappa shape index (κ3) is 5.18. The topological polar surface area (TPSA) is 164 Å². The summed E-state index contributed by atoms with van der Waals surface area (Å²) in [6.07, 6.45) is -1.16. The average molecular weight is 533 g/mol. The summed E-state index contributed by atoms with van der Waals surface area (Å²) in [4.78, 5) is 35.2. The molecule has 2 saturated heterocycles. The zero-order valence-electron chi connectivity index (χ0n) is 19.3. The second-order valence-electron chi connectivity index (χ2n) is 8.30. The zero-order valence-corrected chi connectivity index (χ0v) is 19.3. The number of H-pyrrole nitrogens is 1. The van der Waals surface area contributed by atoms with Crippen LogP contribution >= 0.6 is 0 Å². The predicted molar refractivity (Wildman–Crippen MR) is 115 cm³/mol. The molecule has 3 atom stereocenters. The second-order valence-corrected chi connectivity index (χ2v) is 8.30. The fourth-order valence-electron chi connectivity index (χ4n) is 4.20. The molecule has 0 amide bonds. The third-order valence-corrected chi connectivity index (χ3v) is 6.14. The number of hydrogen-bond acceptors (Lipinski definition) is 10. The van der Waals surface area contributed by atoms with E-state index in [2.05, 4.69) is 4.98 Å². The maximum absolute atomic E-state index is 14.5. The maximum atomic E-state index is 14.5. The van der Waals surface area contributed by atoms with Crippen LogP contribution in [0.2, 0.25) is 0 Å². The molecule has 0 aliphatic carbocycles. The Kier molecular flexibility index (Phi) is 7.54. The molecular weight excluding hydrogens is 511 g/mol. The highest BCUT2D eigenvalue weighted by atomic mass is 19.2. The minimum atomic E-state index is -2.11. The summed E-state index contributed by atoms with van der Waals surface area (Å²) in [6.45, 7) is -0.0353. The van der Waals surface area contributed by atoms with Crippen molar-refractivity contribution in [2.75, 3.05) is 26.9 Å². The van der Waals surface area contributed by atoms with Gasteiger partial charge in [0.25, 0.3) is 5.56 Å². The molecule has 1 aromatic carbocycles. The Morgan fingerprint density at radius 3 is 2.57 bits per heavy atom. The number of nitro groups is 1. The Morgan fingerprint density at radius 2 is 1.95 bits per heavy atom. The van der Waals surface area contributed by atoms with Crippen molar-refractivity contribution in [3.63, 3.8) is 0 Å². The van der Waals surface area contributed by atoms with Crippen molar-refractivity contribution in [1.82, 2.24) is 9.55 Å². The first-order chi connectivity index (χ1) is 17.6. The van der Waals surface area contributed by atoms with E-state index in [-0.39, 0.29) is 6.42 Å². The molecule has 2 aromatic rings. The number of ether oxygens (including phenoxy) is 5. The lowest BCUT2D eigenvalue weighted by molar-refractivity contribution is -0.389. The van der Waals surface area contributed by atoms with Crippen molar-refractivity contribution in [2.24, 2.45) is 0 Å². The molecule has 202 valence electrons. The molecule has 37 heavy (non-hydrogen) atoms. The van der Waals surface area contributed by atoms with Gasteiger partial charge >= 0.3 is 11.4 Å². The maximum Gasteiger partial charge on any atom is 0.352 e. The first-order valence-corrected chi connectivity index (χ1v) is 11.0. The molecule has 16 heteroatoms. The molecule has 2 fully saturated rings. The van der Waals surface area contributed by atoms with Crippen LogP contribution in [0.5, 0.6) is 11.5 Å². The molecule has 2 N–H and O–H groups in total. The highest BCUT2D eigenvalue weighted by molar-refractivity contribution is 5.53. The molecule has 4 rings (SSSR count). The van der Waals surface area contributed by atoms with E-state index in [1.165, 1.54) is 13.3 Å². The van der Waals surface area contributed by atoms with Crippen LogP contribution < -0.4 is 16.0 Å². The number of phenolic OH excluding ortho intramolecular Hbond substituents is 1. The lowest BCUT2D eigenvalue weighted by atomic mass is 10.1. The van der Waals surface area contributed by atoms with Gasteiger partial charge in [-0.25, -0.2) is 4.79 Å². The van der Waals surface area contributed by atoms with Crippen molar-refractivity contribution in [3.8, 4) is 11.5 Å². The number of nitrogens with zero attached hydrogens (tertiary/aromatic N) is 2. The van der Waals surface area contributed by atoms with Gasteiger partial charge in [0, 0.05) is 38.6 Å². The van der Waals surface area contributed by atoms with Crippen LogP contribution in [-0.4, -0.2) is 64.5 Å². The molecule has 0 spiro atoms. The molecule has 13 nitrogen and oxygen atoms in total. The Bertz CT molecular complexity index is 1260. The quantitative estimate of drug-likeness (QED) is 0.220. The molecular formula is C21H22F3N3O10. The number of phenols is 1. The van der Waals surface area contributed by atoms with Gasteiger partial charge in [-0.15, -0.1) is 0 Å². The van der Waals surface area contributed by atoms with E-state index in [9.17, 15) is 38.0 Å². The van der Waals surface area contributed by atoms with Gasteiger partial charge in [0.15, 0.2) is 11.5 Å². The number of aromatic amines is 1. The number of nitrogens with one attached hydrogen (secondary N) is 1. The van der Waals surface area contributed by atoms with Gasteiger partial charge in [0.1, 0.15) is 18.9 Å². The third-order valence-electron chi connectivity index (χ3n) is 6.14. The van der Waals surface area contributed by atoms with Crippen LogP contribution in [0.25, 0.3) is 0 Å². The number of methoxy groups -OCH3 is 1. The van der Waals surface area contributed by atoms with Crippen LogP contribution in [0.4, 0.5) is 18.9 Å². The fraction of sp³-hybridized carbons (Fsp3) is 0.524. The predicted octanol–water partition coefficient (Wildman–Crippen LogP) is 1.47. The van der Waals surface area contributed by atoms with Crippen molar-refractivity contribution in [1.29, 1.82) is 0 Å². The van der Waals surface area contributed by atoms with Crippen LogP contribution in [0.1, 0.15) is 25.5 Å². The Morgan fingerprint density at radius 1 is 1.24 bits per heavy atom. The van der Waals surface area contributed by atoms with Crippen molar-refractivity contribution < 1.29 is 46.9 Å². The average Bonchev–Trinajstić information content (AvgIpc) is 3.25. The van der Waals surface area contributed by atoms with Crippen LogP contribution in [0.15, 0.2) is 21.9 Å². The van der Waals surface area contributed by atoms with E-state index in [0.717, 1.165) is 10.6 Å². The summed E-state index contributed by atoms with van der Waals surface area (Å²) in [6, 6.07) is 1.09. The summed E-state index contributed by atoms with van der Waals surface area (Å²) >= 11 is 0. The minimum Gasteiger partial charge on any atom is -0.500 e. The SMILES string of the molecule is COC1(OC2CC(n3ccc(=O)[nH]c3=O)OC2COc2c(F)c(O)c([N+](=O)[O-])c(F)c2F)CCOCC1. The highest BCUT2D eigenvalue weighted by Crippen LogP contribution is 2.41. The molecule has 0 bridgehead atoms. The molecule has 0 saturated carbocycles.